The van der Waals surface area contributed by atoms with Gasteiger partial charge in [-0.05, 0) is 6.07 Å². The van der Waals surface area contributed by atoms with Crippen molar-refractivity contribution in [3.05, 3.63) is 29.8 Å². The van der Waals surface area contributed by atoms with Crippen LogP contribution in [0.3, 0.4) is 0 Å². The largest absolute Gasteiger partial charge is 0.493 e. The molecular formula is C12H16N2O3. The molecule has 2 unspecified atom stereocenters. The minimum Gasteiger partial charge on any atom is -0.493 e. The third-order valence-corrected chi connectivity index (χ3v) is 2.84. The van der Waals surface area contributed by atoms with E-state index in [9.17, 15) is 9.90 Å². The second-order valence-electron chi connectivity index (χ2n) is 4.00. The molecule has 1 amide bonds. The summed E-state index contributed by atoms with van der Waals surface area (Å²) in [4.78, 5) is 11.3. The number of amides is 1. The summed E-state index contributed by atoms with van der Waals surface area (Å²) < 4.78 is 5.52. The summed E-state index contributed by atoms with van der Waals surface area (Å²) in [6.45, 7) is 0.384. The molecule has 0 aromatic heterocycles. The van der Waals surface area contributed by atoms with E-state index in [0.717, 1.165) is 0 Å². The first-order chi connectivity index (χ1) is 8.22. The van der Waals surface area contributed by atoms with Crippen LogP contribution in [0.1, 0.15) is 18.1 Å². The Hall–Kier alpha value is -1.59. The van der Waals surface area contributed by atoms with Crippen LogP contribution in [-0.2, 0) is 4.79 Å². The number of benzene rings is 1. The second-order valence-corrected chi connectivity index (χ2v) is 4.00. The lowest BCUT2D eigenvalue weighted by Gasteiger charge is -2.21. The van der Waals surface area contributed by atoms with Crippen LogP contribution in [0.25, 0.3) is 0 Å². The van der Waals surface area contributed by atoms with Gasteiger partial charge < -0.3 is 20.9 Å². The summed E-state index contributed by atoms with van der Waals surface area (Å²) in [5, 5.41) is 12.9. The van der Waals surface area contributed by atoms with Gasteiger partial charge in [-0.2, -0.15) is 0 Å². The van der Waals surface area contributed by atoms with E-state index in [1.54, 1.807) is 6.07 Å². The molecule has 92 valence electrons. The number of fused-ring (bicyclic) bond motifs is 1. The van der Waals surface area contributed by atoms with Crippen molar-refractivity contribution in [3.8, 4) is 5.75 Å². The highest BCUT2D eigenvalue weighted by atomic mass is 16.5. The van der Waals surface area contributed by atoms with Crippen molar-refractivity contribution >= 4 is 5.91 Å². The van der Waals surface area contributed by atoms with Gasteiger partial charge in [-0.15, -0.1) is 0 Å². The smallest absolute Gasteiger partial charge is 0.234 e. The van der Waals surface area contributed by atoms with Gasteiger partial charge in [0.1, 0.15) is 11.9 Å². The Morgan fingerprint density at radius 1 is 1.53 bits per heavy atom. The molecule has 0 bridgehead atoms. The van der Waals surface area contributed by atoms with E-state index in [0.29, 0.717) is 24.3 Å². The lowest BCUT2D eigenvalue weighted by Crippen LogP contribution is -2.42. The maximum atomic E-state index is 11.3. The fraction of sp³-hybridized carbons (Fsp3) is 0.417. The normalized spacial score (nSPS) is 23.2. The van der Waals surface area contributed by atoms with E-state index >= 15 is 0 Å². The van der Waals surface area contributed by atoms with Crippen molar-refractivity contribution in [2.75, 3.05) is 13.2 Å². The number of nitrogens with one attached hydrogen (secondary N) is 1. The van der Waals surface area contributed by atoms with E-state index in [-0.39, 0.29) is 18.5 Å². The number of aliphatic hydroxyl groups excluding tert-OH is 1. The second kappa shape index (κ2) is 5.16. The van der Waals surface area contributed by atoms with E-state index in [4.69, 9.17) is 10.5 Å². The summed E-state index contributed by atoms with van der Waals surface area (Å²) in [6.07, 6.45) is -0.203. The van der Waals surface area contributed by atoms with Crippen LogP contribution < -0.4 is 15.8 Å². The maximum Gasteiger partial charge on any atom is 0.234 e. The molecule has 2 rings (SSSR count). The topological polar surface area (TPSA) is 84.6 Å². The Balaban J connectivity index is 2.19. The molecule has 0 saturated carbocycles. The molecular weight excluding hydrogens is 220 g/mol. The molecule has 0 radical (unpaired) electrons. The average Bonchev–Trinajstić information content (AvgIpc) is 2.51. The summed E-state index contributed by atoms with van der Waals surface area (Å²) in [5.74, 6) is 0.401. The highest BCUT2D eigenvalue weighted by Gasteiger charge is 2.27. The molecule has 0 fully saturated rings. The van der Waals surface area contributed by atoms with Crippen molar-refractivity contribution in [1.82, 2.24) is 5.32 Å². The average molecular weight is 236 g/mol. The fourth-order valence-corrected chi connectivity index (χ4v) is 1.94. The number of hydrogen-bond donors (Lipinski definition) is 3. The van der Waals surface area contributed by atoms with Crippen molar-refractivity contribution in [3.63, 3.8) is 0 Å². The summed E-state index contributed by atoms with van der Waals surface area (Å²) in [5.41, 5.74) is 5.94. The van der Waals surface area contributed by atoms with E-state index < -0.39 is 6.10 Å². The number of para-hydroxylation sites is 1. The Morgan fingerprint density at radius 2 is 2.29 bits per heavy atom. The van der Waals surface area contributed by atoms with E-state index in [1.165, 1.54) is 0 Å². The molecule has 0 aliphatic carbocycles. The SMILES string of the molecule is NCC(=O)NC1CCOc2ccccc2C1O. The van der Waals surface area contributed by atoms with Gasteiger partial charge in [-0.25, -0.2) is 0 Å². The number of nitrogens with two attached hydrogens (primary N) is 1. The first-order valence-electron chi connectivity index (χ1n) is 5.61. The molecule has 1 aliphatic heterocycles. The minimum absolute atomic E-state index is 0.0777. The Labute approximate surface area is 99.6 Å². The minimum atomic E-state index is -0.760. The predicted molar refractivity (Wildman–Crippen MR) is 62.5 cm³/mol. The summed E-state index contributed by atoms with van der Waals surface area (Å²) >= 11 is 0. The molecule has 0 spiro atoms. The lowest BCUT2D eigenvalue weighted by atomic mass is 10.0. The number of ether oxygens (including phenoxy) is 1. The number of rotatable bonds is 2. The molecule has 1 aromatic carbocycles. The zero-order valence-electron chi connectivity index (χ0n) is 9.43. The number of hydrogen-bond acceptors (Lipinski definition) is 4. The first-order valence-corrected chi connectivity index (χ1v) is 5.61. The van der Waals surface area contributed by atoms with E-state index in [1.807, 2.05) is 18.2 Å². The third kappa shape index (κ3) is 2.57. The van der Waals surface area contributed by atoms with Gasteiger partial charge in [0.15, 0.2) is 0 Å². The first kappa shape index (κ1) is 11.9. The Morgan fingerprint density at radius 3 is 3.06 bits per heavy atom. The van der Waals surface area contributed by atoms with E-state index in [2.05, 4.69) is 5.32 Å². The van der Waals surface area contributed by atoms with Crippen LogP contribution in [0.5, 0.6) is 5.75 Å². The molecule has 1 aliphatic rings. The molecule has 2 atom stereocenters. The van der Waals surface area contributed by atoms with Crippen molar-refractivity contribution in [2.24, 2.45) is 5.73 Å². The molecule has 1 aromatic rings. The number of carbonyl (C=O) groups is 1. The predicted octanol–water partition coefficient (Wildman–Crippen LogP) is -0.0540. The zero-order chi connectivity index (χ0) is 12.3. The molecule has 4 N–H and O–H groups in total. The van der Waals surface area contributed by atoms with Gasteiger partial charge in [0, 0.05) is 12.0 Å². The van der Waals surface area contributed by atoms with Gasteiger partial charge in [-0.3, -0.25) is 4.79 Å². The highest BCUT2D eigenvalue weighted by Crippen LogP contribution is 2.31. The van der Waals surface area contributed by atoms with Crippen molar-refractivity contribution < 1.29 is 14.6 Å². The Bertz CT molecular complexity index is 408. The van der Waals surface area contributed by atoms with Gasteiger partial charge in [0.25, 0.3) is 0 Å². The van der Waals surface area contributed by atoms with Gasteiger partial charge >= 0.3 is 0 Å². The summed E-state index contributed by atoms with van der Waals surface area (Å²) in [7, 11) is 0. The molecule has 5 nitrogen and oxygen atoms in total. The van der Waals surface area contributed by atoms with Crippen LogP contribution in [0, 0.1) is 0 Å². The number of aliphatic hydroxyl groups is 1. The van der Waals surface area contributed by atoms with Gasteiger partial charge in [-0.1, -0.05) is 18.2 Å². The van der Waals surface area contributed by atoms with Crippen molar-refractivity contribution in [2.45, 2.75) is 18.6 Å². The fourth-order valence-electron chi connectivity index (χ4n) is 1.94. The standard InChI is InChI=1S/C12H16N2O3/c13-7-11(15)14-9-5-6-17-10-4-2-1-3-8(10)12(9)16/h1-4,9,12,16H,5-7,13H2,(H,14,15). The van der Waals surface area contributed by atoms with Gasteiger partial charge in [0.2, 0.25) is 5.91 Å². The molecule has 5 heteroatoms. The zero-order valence-corrected chi connectivity index (χ0v) is 9.43. The van der Waals surface area contributed by atoms with Crippen LogP contribution >= 0.6 is 0 Å². The van der Waals surface area contributed by atoms with Gasteiger partial charge in [0.05, 0.1) is 19.2 Å². The monoisotopic (exact) mass is 236 g/mol. The van der Waals surface area contributed by atoms with Crippen LogP contribution in [0.2, 0.25) is 0 Å². The highest BCUT2D eigenvalue weighted by molar-refractivity contribution is 5.78. The van der Waals surface area contributed by atoms with Crippen LogP contribution in [0.4, 0.5) is 0 Å². The molecule has 17 heavy (non-hydrogen) atoms. The third-order valence-electron chi connectivity index (χ3n) is 2.84. The molecule has 0 saturated heterocycles. The quantitative estimate of drug-likeness (QED) is 0.672. The molecule has 1 heterocycles. The lowest BCUT2D eigenvalue weighted by molar-refractivity contribution is -0.121. The Kier molecular flexibility index (Phi) is 3.61. The summed E-state index contributed by atoms with van der Waals surface area (Å²) in [6, 6.07) is 6.94. The number of carbonyl (C=O) groups excluding carboxylic acids is 1. The maximum absolute atomic E-state index is 11.3. The van der Waals surface area contributed by atoms with Crippen LogP contribution in [-0.4, -0.2) is 30.2 Å². The van der Waals surface area contributed by atoms with Crippen molar-refractivity contribution in [1.29, 1.82) is 0 Å². The van der Waals surface area contributed by atoms with Crippen LogP contribution in [0.15, 0.2) is 24.3 Å².